The van der Waals surface area contributed by atoms with Crippen molar-refractivity contribution in [1.29, 1.82) is 0 Å². The molecular formula is C10H16N2O2. The molecule has 0 bridgehead atoms. The number of aromatic hydroxyl groups is 1. The van der Waals surface area contributed by atoms with Gasteiger partial charge in [-0.2, -0.15) is 0 Å². The van der Waals surface area contributed by atoms with Gasteiger partial charge in [-0.1, -0.05) is 19.3 Å². The van der Waals surface area contributed by atoms with Gasteiger partial charge in [-0.05, 0) is 18.8 Å². The number of aromatic amines is 1. The molecule has 0 unspecified atom stereocenters. The van der Waals surface area contributed by atoms with Crippen LogP contribution in [-0.2, 0) is 7.05 Å². The van der Waals surface area contributed by atoms with Gasteiger partial charge in [-0.25, -0.2) is 0 Å². The van der Waals surface area contributed by atoms with E-state index in [0.29, 0.717) is 5.56 Å². The maximum Gasteiger partial charge on any atom is 0.271 e. The van der Waals surface area contributed by atoms with Crippen LogP contribution in [0.4, 0.5) is 0 Å². The third-order valence-electron chi connectivity index (χ3n) is 3.09. The van der Waals surface area contributed by atoms with Gasteiger partial charge in [0.15, 0.2) is 0 Å². The first-order valence-electron chi connectivity index (χ1n) is 5.18. The molecule has 1 heterocycles. The van der Waals surface area contributed by atoms with Crippen molar-refractivity contribution in [2.45, 2.75) is 38.0 Å². The zero-order valence-corrected chi connectivity index (χ0v) is 8.42. The van der Waals surface area contributed by atoms with Crippen molar-refractivity contribution in [3.05, 3.63) is 15.9 Å². The maximum absolute atomic E-state index is 11.5. The summed E-state index contributed by atoms with van der Waals surface area (Å²) in [6.45, 7) is 0. The Morgan fingerprint density at radius 2 is 2.00 bits per heavy atom. The minimum atomic E-state index is -0.128. The number of nitrogens with one attached hydrogen (secondary N) is 1. The molecule has 0 amide bonds. The van der Waals surface area contributed by atoms with Crippen LogP contribution in [0.15, 0.2) is 4.79 Å². The highest BCUT2D eigenvalue weighted by Crippen LogP contribution is 2.34. The lowest BCUT2D eigenvalue weighted by Gasteiger charge is -2.19. The third kappa shape index (κ3) is 1.45. The van der Waals surface area contributed by atoms with E-state index in [4.69, 9.17) is 0 Å². The van der Waals surface area contributed by atoms with Crippen LogP contribution in [0, 0.1) is 0 Å². The Kier molecular flexibility index (Phi) is 2.35. The van der Waals surface area contributed by atoms with Crippen LogP contribution in [0.2, 0.25) is 0 Å². The topological polar surface area (TPSA) is 58.0 Å². The van der Waals surface area contributed by atoms with E-state index >= 15 is 0 Å². The molecule has 4 nitrogen and oxygen atoms in total. The van der Waals surface area contributed by atoms with Gasteiger partial charge >= 0.3 is 0 Å². The lowest BCUT2D eigenvalue weighted by molar-refractivity contribution is 0.389. The van der Waals surface area contributed by atoms with E-state index in [0.717, 1.165) is 12.8 Å². The lowest BCUT2D eigenvalue weighted by Crippen LogP contribution is -2.13. The molecule has 1 aromatic heterocycles. The smallest absolute Gasteiger partial charge is 0.271 e. The second kappa shape index (κ2) is 3.52. The summed E-state index contributed by atoms with van der Waals surface area (Å²) in [6.07, 6.45) is 5.64. The summed E-state index contributed by atoms with van der Waals surface area (Å²) in [5, 5.41) is 12.3. The van der Waals surface area contributed by atoms with E-state index in [1.165, 1.54) is 23.9 Å². The molecule has 2 rings (SSSR count). The van der Waals surface area contributed by atoms with Crippen molar-refractivity contribution in [1.82, 2.24) is 9.78 Å². The van der Waals surface area contributed by atoms with Crippen LogP contribution in [0.1, 0.15) is 43.6 Å². The minimum Gasteiger partial charge on any atom is -0.493 e. The second-order valence-electron chi connectivity index (χ2n) is 4.07. The molecule has 0 spiro atoms. The standard InChI is InChI=1S/C10H16N2O2/c1-12-10(14)8(9(13)11-12)7-5-3-2-4-6-7/h7,14H,2-6H2,1H3,(H,11,13). The predicted octanol–water partition coefficient (Wildman–Crippen LogP) is 1.47. The molecule has 14 heavy (non-hydrogen) atoms. The van der Waals surface area contributed by atoms with Gasteiger partial charge in [0, 0.05) is 7.05 Å². The summed E-state index contributed by atoms with van der Waals surface area (Å²) < 4.78 is 1.40. The fraction of sp³-hybridized carbons (Fsp3) is 0.700. The Labute approximate surface area is 82.5 Å². The molecule has 1 aliphatic rings. The van der Waals surface area contributed by atoms with Crippen molar-refractivity contribution < 1.29 is 5.11 Å². The zero-order chi connectivity index (χ0) is 10.1. The first kappa shape index (κ1) is 9.37. The van der Waals surface area contributed by atoms with E-state index in [-0.39, 0.29) is 17.4 Å². The van der Waals surface area contributed by atoms with Gasteiger partial charge in [-0.15, -0.1) is 0 Å². The fourth-order valence-corrected chi connectivity index (χ4v) is 2.31. The number of hydrogen-bond donors (Lipinski definition) is 2. The summed E-state index contributed by atoms with van der Waals surface area (Å²) in [5.41, 5.74) is 0.462. The van der Waals surface area contributed by atoms with Gasteiger partial charge in [-0.3, -0.25) is 14.6 Å². The minimum absolute atomic E-state index is 0.113. The fourth-order valence-electron chi connectivity index (χ4n) is 2.31. The largest absolute Gasteiger partial charge is 0.493 e. The number of aromatic nitrogens is 2. The molecular weight excluding hydrogens is 180 g/mol. The van der Waals surface area contributed by atoms with Gasteiger partial charge in [0.2, 0.25) is 5.88 Å². The Morgan fingerprint density at radius 3 is 2.50 bits per heavy atom. The number of aryl methyl sites for hydroxylation is 1. The van der Waals surface area contributed by atoms with E-state index in [1.54, 1.807) is 7.05 Å². The average molecular weight is 196 g/mol. The number of rotatable bonds is 1. The van der Waals surface area contributed by atoms with Crippen molar-refractivity contribution in [3.63, 3.8) is 0 Å². The van der Waals surface area contributed by atoms with Gasteiger partial charge in [0.05, 0.1) is 5.56 Å². The van der Waals surface area contributed by atoms with E-state index in [1.807, 2.05) is 0 Å². The summed E-state index contributed by atoms with van der Waals surface area (Å²) in [5.74, 6) is 0.371. The van der Waals surface area contributed by atoms with E-state index in [9.17, 15) is 9.90 Å². The molecule has 4 heteroatoms. The Morgan fingerprint density at radius 1 is 1.36 bits per heavy atom. The highest BCUT2D eigenvalue weighted by molar-refractivity contribution is 5.27. The summed E-state index contributed by atoms with van der Waals surface area (Å²) >= 11 is 0. The zero-order valence-electron chi connectivity index (χ0n) is 8.42. The molecule has 1 saturated carbocycles. The van der Waals surface area contributed by atoms with Gasteiger partial charge < -0.3 is 5.11 Å². The SMILES string of the molecule is Cn1[nH]c(=O)c(C2CCCCC2)c1O. The summed E-state index contributed by atoms with van der Waals surface area (Å²) in [4.78, 5) is 11.5. The average Bonchev–Trinajstić information content (AvgIpc) is 2.43. The maximum atomic E-state index is 11.5. The molecule has 1 aliphatic carbocycles. The van der Waals surface area contributed by atoms with E-state index in [2.05, 4.69) is 5.10 Å². The van der Waals surface area contributed by atoms with E-state index < -0.39 is 0 Å². The summed E-state index contributed by atoms with van der Waals surface area (Å²) in [7, 11) is 1.66. The molecule has 0 radical (unpaired) electrons. The molecule has 0 aliphatic heterocycles. The number of nitrogens with zero attached hydrogens (tertiary/aromatic N) is 1. The Balaban J connectivity index is 2.34. The van der Waals surface area contributed by atoms with Gasteiger partial charge in [0.25, 0.3) is 5.56 Å². The molecule has 0 aromatic carbocycles. The van der Waals surface area contributed by atoms with Crippen LogP contribution in [0.3, 0.4) is 0 Å². The lowest BCUT2D eigenvalue weighted by atomic mass is 9.85. The summed E-state index contributed by atoms with van der Waals surface area (Å²) in [6, 6.07) is 0. The highest BCUT2D eigenvalue weighted by Gasteiger charge is 2.23. The number of H-pyrrole nitrogens is 1. The first-order chi connectivity index (χ1) is 6.70. The number of hydrogen-bond acceptors (Lipinski definition) is 2. The van der Waals surface area contributed by atoms with Crippen molar-refractivity contribution in [2.75, 3.05) is 0 Å². The van der Waals surface area contributed by atoms with Crippen LogP contribution in [0.5, 0.6) is 5.88 Å². The van der Waals surface area contributed by atoms with Crippen molar-refractivity contribution >= 4 is 0 Å². The second-order valence-corrected chi connectivity index (χ2v) is 4.07. The normalized spacial score (nSPS) is 18.6. The Bertz CT molecular complexity index is 372. The predicted molar refractivity (Wildman–Crippen MR) is 53.5 cm³/mol. The Hall–Kier alpha value is -1.19. The van der Waals surface area contributed by atoms with Crippen LogP contribution < -0.4 is 5.56 Å². The third-order valence-corrected chi connectivity index (χ3v) is 3.09. The molecule has 78 valence electrons. The molecule has 2 N–H and O–H groups in total. The molecule has 0 saturated heterocycles. The van der Waals surface area contributed by atoms with Crippen LogP contribution in [0.25, 0.3) is 0 Å². The van der Waals surface area contributed by atoms with Gasteiger partial charge in [0.1, 0.15) is 0 Å². The molecule has 1 fully saturated rings. The quantitative estimate of drug-likeness (QED) is 0.714. The van der Waals surface area contributed by atoms with Crippen molar-refractivity contribution in [3.8, 4) is 5.88 Å². The monoisotopic (exact) mass is 196 g/mol. The van der Waals surface area contributed by atoms with Crippen LogP contribution in [-0.4, -0.2) is 14.9 Å². The van der Waals surface area contributed by atoms with Crippen molar-refractivity contribution in [2.24, 2.45) is 7.05 Å². The first-order valence-corrected chi connectivity index (χ1v) is 5.18. The molecule has 1 aromatic rings. The van der Waals surface area contributed by atoms with Crippen LogP contribution >= 0.6 is 0 Å². The molecule has 0 atom stereocenters. The highest BCUT2D eigenvalue weighted by atomic mass is 16.3.